The average molecular weight is 388 g/mol. The molecule has 0 unspecified atom stereocenters. The first-order chi connectivity index (χ1) is 13.9. The van der Waals surface area contributed by atoms with Crippen molar-refractivity contribution in [3.8, 4) is 5.69 Å². The summed E-state index contributed by atoms with van der Waals surface area (Å²) in [5.41, 5.74) is 3.72. The second-order valence-corrected chi connectivity index (χ2v) is 6.90. The number of nitrogens with zero attached hydrogens (tertiary/aromatic N) is 2. The lowest BCUT2D eigenvalue weighted by Gasteiger charge is -2.13. The SMILES string of the molecule is Cc1ccc(-n2c(/C=C/c3ccc(F)c(F)c3)nc3ccccc3c2=O)cc1C. The molecule has 1 aromatic heterocycles. The minimum Gasteiger partial charge on any atom is -0.268 e. The van der Waals surface area contributed by atoms with E-state index in [0.29, 0.717) is 28.0 Å². The van der Waals surface area contributed by atoms with Crippen LogP contribution in [0.25, 0.3) is 28.7 Å². The Morgan fingerprint density at radius 2 is 1.66 bits per heavy atom. The van der Waals surface area contributed by atoms with Gasteiger partial charge in [-0.15, -0.1) is 0 Å². The highest BCUT2D eigenvalue weighted by molar-refractivity contribution is 5.80. The lowest BCUT2D eigenvalue weighted by atomic mass is 10.1. The van der Waals surface area contributed by atoms with E-state index in [4.69, 9.17) is 0 Å². The number of rotatable bonds is 3. The topological polar surface area (TPSA) is 34.9 Å². The first-order valence-corrected chi connectivity index (χ1v) is 9.16. The van der Waals surface area contributed by atoms with Gasteiger partial charge in [0.15, 0.2) is 11.6 Å². The maximum absolute atomic E-state index is 13.5. The zero-order valence-corrected chi connectivity index (χ0v) is 16.0. The molecule has 0 aliphatic heterocycles. The Balaban J connectivity index is 1.93. The highest BCUT2D eigenvalue weighted by Gasteiger charge is 2.12. The minimum atomic E-state index is -0.926. The summed E-state index contributed by atoms with van der Waals surface area (Å²) in [4.78, 5) is 17.9. The van der Waals surface area contributed by atoms with Gasteiger partial charge in [0.05, 0.1) is 16.6 Å². The summed E-state index contributed by atoms with van der Waals surface area (Å²) in [5, 5.41) is 0.510. The van der Waals surface area contributed by atoms with Crippen molar-refractivity contribution >= 4 is 23.1 Å². The maximum Gasteiger partial charge on any atom is 0.266 e. The summed E-state index contributed by atoms with van der Waals surface area (Å²) in [6.45, 7) is 3.99. The van der Waals surface area contributed by atoms with Crippen LogP contribution in [0.5, 0.6) is 0 Å². The Morgan fingerprint density at radius 1 is 0.862 bits per heavy atom. The third-order valence-electron chi connectivity index (χ3n) is 4.92. The Hall–Kier alpha value is -3.60. The first-order valence-electron chi connectivity index (χ1n) is 9.16. The summed E-state index contributed by atoms with van der Waals surface area (Å²) >= 11 is 0. The second kappa shape index (κ2) is 7.43. The van der Waals surface area contributed by atoms with Gasteiger partial charge in [-0.2, -0.15) is 0 Å². The van der Waals surface area contributed by atoms with Crippen LogP contribution in [0.15, 0.2) is 65.5 Å². The Labute approximate surface area is 166 Å². The van der Waals surface area contributed by atoms with E-state index in [-0.39, 0.29) is 5.56 Å². The Kier molecular flexibility index (Phi) is 4.80. The summed E-state index contributed by atoms with van der Waals surface area (Å²) in [5.74, 6) is -1.43. The van der Waals surface area contributed by atoms with Gasteiger partial charge >= 0.3 is 0 Å². The van der Waals surface area contributed by atoms with E-state index in [2.05, 4.69) is 4.98 Å². The molecule has 5 heteroatoms. The van der Waals surface area contributed by atoms with E-state index in [9.17, 15) is 13.6 Å². The van der Waals surface area contributed by atoms with Crippen LogP contribution in [-0.4, -0.2) is 9.55 Å². The van der Waals surface area contributed by atoms with Crippen LogP contribution in [0.1, 0.15) is 22.5 Å². The van der Waals surface area contributed by atoms with Gasteiger partial charge in [-0.1, -0.05) is 30.3 Å². The number of benzene rings is 3. The molecule has 0 N–H and O–H groups in total. The second-order valence-electron chi connectivity index (χ2n) is 6.90. The van der Waals surface area contributed by atoms with Gasteiger partial charge in [0.25, 0.3) is 5.56 Å². The van der Waals surface area contributed by atoms with E-state index in [0.717, 1.165) is 23.3 Å². The van der Waals surface area contributed by atoms with Crippen molar-refractivity contribution in [2.45, 2.75) is 13.8 Å². The molecule has 0 spiro atoms. The molecule has 0 amide bonds. The standard InChI is InChI=1S/C24H18F2N2O/c1-15-7-10-18(13-16(15)2)28-23(12-9-17-8-11-20(25)21(26)14-17)27-22-6-4-3-5-19(22)24(28)29/h3-14H,1-2H3/b12-9+. The molecule has 0 saturated heterocycles. The molecule has 4 rings (SSSR count). The third kappa shape index (κ3) is 3.59. The molecule has 0 saturated carbocycles. The zero-order chi connectivity index (χ0) is 20.5. The predicted octanol–water partition coefficient (Wildman–Crippen LogP) is 5.45. The van der Waals surface area contributed by atoms with Crippen molar-refractivity contribution in [1.82, 2.24) is 9.55 Å². The molecule has 3 nitrogen and oxygen atoms in total. The molecule has 0 aliphatic carbocycles. The van der Waals surface area contributed by atoms with Crippen LogP contribution >= 0.6 is 0 Å². The van der Waals surface area contributed by atoms with E-state index < -0.39 is 11.6 Å². The molecule has 1 heterocycles. The minimum absolute atomic E-state index is 0.191. The van der Waals surface area contributed by atoms with Crippen LogP contribution < -0.4 is 5.56 Å². The van der Waals surface area contributed by atoms with Gasteiger partial charge in [-0.25, -0.2) is 13.8 Å². The van der Waals surface area contributed by atoms with Gasteiger partial charge in [0.1, 0.15) is 5.82 Å². The van der Waals surface area contributed by atoms with E-state index in [1.807, 2.05) is 38.1 Å². The molecule has 4 aromatic rings. The molecule has 3 aromatic carbocycles. The molecular weight excluding hydrogens is 370 g/mol. The van der Waals surface area contributed by atoms with Gasteiger partial charge in [-0.3, -0.25) is 9.36 Å². The van der Waals surface area contributed by atoms with E-state index in [1.165, 1.54) is 10.6 Å². The highest BCUT2D eigenvalue weighted by Crippen LogP contribution is 2.18. The molecule has 0 aliphatic rings. The largest absolute Gasteiger partial charge is 0.268 e. The van der Waals surface area contributed by atoms with E-state index in [1.54, 1.807) is 30.4 Å². The van der Waals surface area contributed by atoms with Crippen LogP contribution in [-0.2, 0) is 0 Å². The molecule has 0 fully saturated rings. The normalized spacial score (nSPS) is 11.4. The van der Waals surface area contributed by atoms with Crippen molar-refractivity contribution < 1.29 is 8.78 Å². The maximum atomic E-state index is 13.5. The number of aryl methyl sites for hydroxylation is 2. The van der Waals surface area contributed by atoms with E-state index >= 15 is 0 Å². The fourth-order valence-electron chi connectivity index (χ4n) is 3.16. The molecule has 0 atom stereocenters. The Morgan fingerprint density at radius 3 is 2.41 bits per heavy atom. The lowest BCUT2D eigenvalue weighted by Crippen LogP contribution is -2.22. The molecular formula is C24H18F2N2O. The lowest BCUT2D eigenvalue weighted by molar-refractivity contribution is 0.508. The van der Waals surface area contributed by atoms with Crippen molar-refractivity contribution in [3.63, 3.8) is 0 Å². The molecule has 0 radical (unpaired) electrons. The zero-order valence-electron chi connectivity index (χ0n) is 16.0. The summed E-state index contributed by atoms with van der Waals surface area (Å²) in [7, 11) is 0. The highest BCUT2D eigenvalue weighted by atomic mass is 19.2. The fourth-order valence-corrected chi connectivity index (χ4v) is 3.16. The monoisotopic (exact) mass is 388 g/mol. The number of halogens is 2. The van der Waals surface area contributed by atoms with Gasteiger partial charge in [0, 0.05) is 0 Å². The third-order valence-corrected chi connectivity index (χ3v) is 4.92. The average Bonchev–Trinajstić information content (AvgIpc) is 2.71. The Bertz CT molecular complexity index is 1320. The number of aromatic nitrogens is 2. The van der Waals surface area contributed by atoms with Crippen LogP contribution in [0.2, 0.25) is 0 Å². The van der Waals surface area contributed by atoms with Crippen LogP contribution in [0.4, 0.5) is 8.78 Å². The summed E-state index contributed by atoms with van der Waals surface area (Å²) < 4.78 is 28.2. The van der Waals surface area contributed by atoms with Gasteiger partial charge in [0.2, 0.25) is 0 Å². The number of fused-ring (bicyclic) bond motifs is 1. The number of hydrogen-bond donors (Lipinski definition) is 0. The van der Waals surface area contributed by atoms with Crippen LogP contribution in [0, 0.1) is 25.5 Å². The number of para-hydroxylation sites is 1. The van der Waals surface area contributed by atoms with Crippen molar-refractivity contribution in [1.29, 1.82) is 0 Å². The predicted molar refractivity (Wildman–Crippen MR) is 112 cm³/mol. The van der Waals surface area contributed by atoms with Gasteiger partial charge < -0.3 is 0 Å². The fraction of sp³-hybridized carbons (Fsp3) is 0.0833. The quantitative estimate of drug-likeness (QED) is 0.468. The number of hydrogen-bond acceptors (Lipinski definition) is 2. The molecule has 144 valence electrons. The van der Waals surface area contributed by atoms with Gasteiger partial charge in [-0.05, 0) is 73.0 Å². The smallest absolute Gasteiger partial charge is 0.266 e. The summed E-state index contributed by atoms with van der Waals surface area (Å²) in [6.07, 6.45) is 3.24. The molecule has 0 bridgehead atoms. The first kappa shape index (κ1) is 18.7. The van der Waals surface area contributed by atoms with Crippen LogP contribution in [0.3, 0.4) is 0 Å². The van der Waals surface area contributed by atoms with Crippen molar-refractivity contribution in [2.75, 3.05) is 0 Å². The summed E-state index contributed by atoms with van der Waals surface area (Å²) in [6, 6.07) is 16.5. The molecule has 29 heavy (non-hydrogen) atoms. The van der Waals surface area contributed by atoms with Crippen molar-refractivity contribution in [3.05, 3.63) is 105 Å². The van der Waals surface area contributed by atoms with Crippen molar-refractivity contribution in [2.24, 2.45) is 0 Å².